The maximum atomic E-state index is 12.4. The number of para-hydroxylation sites is 2. The fraction of sp³-hybridized carbons (Fsp3) is 0.316. The topological polar surface area (TPSA) is 98.4 Å². The van der Waals surface area contributed by atoms with Crippen molar-refractivity contribution >= 4 is 22.8 Å². The number of hydrogen-bond acceptors (Lipinski definition) is 5. The largest absolute Gasteiger partial charge is 0.467 e. The molecular formula is C19H22N4O4. The number of carbonyl (C=O) groups excluding carboxylic acids is 2. The Labute approximate surface area is 156 Å². The molecule has 0 saturated heterocycles. The van der Waals surface area contributed by atoms with Gasteiger partial charge in [-0.05, 0) is 31.2 Å². The molecule has 27 heavy (non-hydrogen) atoms. The number of nitrogens with zero attached hydrogens (tertiary/aromatic N) is 2. The van der Waals surface area contributed by atoms with Gasteiger partial charge in [-0.2, -0.15) is 0 Å². The molecule has 0 saturated carbocycles. The third kappa shape index (κ3) is 4.53. The Hall–Kier alpha value is -3.13. The van der Waals surface area contributed by atoms with Crippen LogP contribution in [0.2, 0.25) is 0 Å². The molecule has 2 aromatic heterocycles. The number of imidazole rings is 1. The summed E-state index contributed by atoms with van der Waals surface area (Å²) in [5, 5.41) is 5.66. The highest BCUT2D eigenvalue weighted by atomic mass is 16.5. The molecule has 2 heterocycles. The molecule has 0 aliphatic rings. The monoisotopic (exact) mass is 370 g/mol. The van der Waals surface area contributed by atoms with Gasteiger partial charge in [0.25, 0.3) is 0 Å². The molecule has 0 spiro atoms. The lowest BCUT2D eigenvalue weighted by molar-refractivity contribution is -0.125. The van der Waals surface area contributed by atoms with Crippen molar-refractivity contribution in [2.45, 2.75) is 26.1 Å². The number of furan rings is 1. The summed E-state index contributed by atoms with van der Waals surface area (Å²) < 4.78 is 11.9. The van der Waals surface area contributed by atoms with Crippen molar-refractivity contribution in [1.82, 2.24) is 20.2 Å². The van der Waals surface area contributed by atoms with Crippen LogP contribution in [-0.4, -0.2) is 35.1 Å². The minimum absolute atomic E-state index is 0.0335. The SMILES string of the molecule is COCC(=O)NC(C)c1nc2ccccc2n1CC(=O)NCc1ccco1. The number of benzene rings is 1. The summed E-state index contributed by atoms with van der Waals surface area (Å²) in [6.07, 6.45) is 1.56. The van der Waals surface area contributed by atoms with Crippen molar-refractivity contribution in [2.75, 3.05) is 13.7 Å². The molecule has 0 aliphatic heterocycles. The van der Waals surface area contributed by atoms with Crippen LogP contribution >= 0.6 is 0 Å². The van der Waals surface area contributed by atoms with E-state index in [1.165, 1.54) is 7.11 Å². The molecule has 2 amide bonds. The number of aromatic nitrogens is 2. The third-order valence-electron chi connectivity index (χ3n) is 4.07. The Bertz CT molecular complexity index is 917. The Balaban J connectivity index is 1.79. The van der Waals surface area contributed by atoms with Gasteiger partial charge in [-0.3, -0.25) is 9.59 Å². The smallest absolute Gasteiger partial charge is 0.246 e. The molecule has 142 valence electrons. The van der Waals surface area contributed by atoms with Crippen molar-refractivity contribution in [3.8, 4) is 0 Å². The molecule has 0 aliphatic carbocycles. The number of hydrogen-bond donors (Lipinski definition) is 2. The Kier molecular flexibility index (Phi) is 5.87. The second-order valence-corrected chi connectivity index (χ2v) is 6.12. The van der Waals surface area contributed by atoms with E-state index in [-0.39, 0.29) is 31.0 Å². The fourth-order valence-electron chi connectivity index (χ4n) is 2.87. The van der Waals surface area contributed by atoms with Gasteiger partial charge < -0.3 is 24.4 Å². The number of rotatable bonds is 8. The van der Waals surface area contributed by atoms with Crippen LogP contribution in [0.3, 0.4) is 0 Å². The molecule has 0 bridgehead atoms. The first-order chi connectivity index (χ1) is 13.1. The van der Waals surface area contributed by atoms with Gasteiger partial charge in [0.05, 0.1) is 29.9 Å². The highest BCUT2D eigenvalue weighted by molar-refractivity contribution is 5.81. The average molecular weight is 370 g/mol. The molecule has 3 rings (SSSR count). The van der Waals surface area contributed by atoms with Gasteiger partial charge in [-0.1, -0.05) is 12.1 Å². The number of ether oxygens (including phenoxy) is 1. The summed E-state index contributed by atoms with van der Waals surface area (Å²) in [6.45, 7) is 2.19. The summed E-state index contributed by atoms with van der Waals surface area (Å²) >= 11 is 0. The van der Waals surface area contributed by atoms with E-state index >= 15 is 0 Å². The predicted molar refractivity (Wildman–Crippen MR) is 98.7 cm³/mol. The first-order valence-electron chi connectivity index (χ1n) is 8.61. The quantitative estimate of drug-likeness (QED) is 0.630. The van der Waals surface area contributed by atoms with Gasteiger partial charge in [0.2, 0.25) is 11.8 Å². The molecule has 8 nitrogen and oxygen atoms in total. The van der Waals surface area contributed by atoms with Crippen LogP contribution in [0.5, 0.6) is 0 Å². The van der Waals surface area contributed by atoms with Gasteiger partial charge in [-0.25, -0.2) is 4.98 Å². The van der Waals surface area contributed by atoms with Crippen molar-refractivity contribution in [3.05, 3.63) is 54.2 Å². The van der Waals surface area contributed by atoms with E-state index in [1.54, 1.807) is 18.4 Å². The van der Waals surface area contributed by atoms with Crippen LogP contribution in [0.25, 0.3) is 11.0 Å². The maximum absolute atomic E-state index is 12.4. The summed E-state index contributed by atoms with van der Waals surface area (Å²) in [4.78, 5) is 28.9. The van der Waals surface area contributed by atoms with Crippen LogP contribution in [0.1, 0.15) is 24.6 Å². The minimum Gasteiger partial charge on any atom is -0.467 e. The Morgan fingerprint density at radius 2 is 2.04 bits per heavy atom. The number of methoxy groups -OCH3 is 1. The van der Waals surface area contributed by atoms with E-state index in [2.05, 4.69) is 15.6 Å². The molecule has 8 heteroatoms. The Morgan fingerprint density at radius 3 is 2.78 bits per heavy atom. The second-order valence-electron chi connectivity index (χ2n) is 6.12. The highest BCUT2D eigenvalue weighted by Gasteiger charge is 2.20. The average Bonchev–Trinajstić information content (AvgIpc) is 3.28. The van der Waals surface area contributed by atoms with Gasteiger partial charge in [0, 0.05) is 7.11 Å². The zero-order valence-electron chi connectivity index (χ0n) is 15.3. The van der Waals surface area contributed by atoms with E-state index in [9.17, 15) is 9.59 Å². The molecule has 0 radical (unpaired) electrons. The lowest BCUT2D eigenvalue weighted by atomic mass is 10.3. The Morgan fingerprint density at radius 1 is 1.22 bits per heavy atom. The molecule has 1 unspecified atom stereocenters. The van der Waals surface area contributed by atoms with E-state index in [1.807, 2.05) is 35.8 Å². The van der Waals surface area contributed by atoms with Crippen molar-refractivity contribution < 1.29 is 18.7 Å². The minimum atomic E-state index is -0.377. The fourth-order valence-corrected chi connectivity index (χ4v) is 2.87. The van der Waals surface area contributed by atoms with Crippen LogP contribution in [-0.2, 0) is 27.4 Å². The van der Waals surface area contributed by atoms with Crippen LogP contribution in [0, 0.1) is 0 Å². The van der Waals surface area contributed by atoms with Gasteiger partial charge in [0.1, 0.15) is 24.7 Å². The zero-order chi connectivity index (χ0) is 19.2. The summed E-state index contributed by atoms with van der Waals surface area (Å²) in [7, 11) is 1.46. The first kappa shape index (κ1) is 18.7. The van der Waals surface area contributed by atoms with Gasteiger partial charge in [-0.15, -0.1) is 0 Å². The van der Waals surface area contributed by atoms with Crippen LogP contribution in [0.4, 0.5) is 0 Å². The lowest BCUT2D eigenvalue weighted by Gasteiger charge is -2.16. The van der Waals surface area contributed by atoms with E-state index < -0.39 is 0 Å². The molecule has 2 N–H and O–H groups in total. The van der Waals surface area contributed by atoms with E-state index in [0.29, 0.717) is 18.1 Å². The number of amides is 2. The summed E-state index contributed by atoms with van der Waals surface area (Å²) in [5.41, 5.74) is 1.59. The lowest BCUT2D eigenvalue weighted by Crippen LogP contribution is -2.33. The number of fused-ring (bicyclic) bond motifs is 1. The summed E-state index contributed by atoms with van der Waals surface area (Å²) in [6, 6.07) is 10.7. The second kappa shape index (κ2) is 8.50. The predicted octanol–water partition coefficient (Wildman–Crippen LogP) is 1.77. The van der Waals surface area contributed by atoms with Crippen LogP contribution < -0.4 is 10.6 Å². The molecule has 1 aromatic carbocycles. The number of nitrogens with one attached hydrogen (secondary N) is 2. The van der Waals surface area contributed by atoms with Gasteiger partial charge >= 0.3 is 0 Å². The maximum Gasteiger partial charge on any atom is 0.246 e. The first-order valence-corrected chi connectivity index (χ1v) is 8.61. The molecule has 0 fully saturated rings. The number of carbonyl (C=O) groups is 2. The van der Waals surface area contributed by atoms with Crippen molar-refractivity contribution in [1.29, 1.82) is 0 Å². The van der Waals surface area contributed by atoms with Crippen molar-refractivity contribution in [3.63, 3.8) is 0 Å². The van der Waals surface area contributed by atoms with Gasteiger partial charge in [0.15, 0.2) is 0 Å². The molecule has 1 atom stereocenters. The normalized spacial score (nSPS) is 12.1. The van der Waals surface area contributed by atoms with E-state index in [4.69, 9.17) is 9.15 Å². The van der Waals surface area contributed by atoms with Crippen molar-refractivity contribution in [2.24, 2.45) is 0 Å². The van der Waals surface area contributed by atoms with Crippen LogP contribution in [0.15, 0.2) is 47.1 Å². The van der Waals surface area contributed by atoms with E-state index in [0.717, 1.165) is 11.0 Å². The molecular weight excluding hydrogens is 348 g/mol. The zero-order valence-corrected chi connectivity index (χ0v) is 15.3. The summed E-state index contributed by atoms with van der Waals surface area (Å²) in [5.74, 6) is 0.866. The highest BCUT2D eigenvalue weighted by Crippen LogP contribution is 2.20. The standard InChI is InChI=1S/C19H22N4O4/c1-13(21-18(25)12-26-2)19-22-15-7-3-4-8-16(15)23(19)11-17(24)20-10-14-6-5-9-27-14/h3-9,13H,10-12H2,1-2H3,(H,20,24)(H,21,25). The third-order valence-corrected chi connectivity index (χ3v) is 4.07. The molecule has 3 aromatic rings.